The van der Waals surface area contributed by atoms with Crippen LogP contribution in [0.3, 0.4) is 0 Å². The summed E-state index contributed by atoms with van der Waals surface area (Å²) in [7, 11) is 0. The van der Waals surface area contributed by atoms with Gasteiger partial charge in [0, 0.05) is 18.3 Å². The molecule has 2 heterocycles. The van der Waals surface area contributed by atoms with Gasteiger partial charge >= 0.3 is 0 Å². The van der Waals surface area contributed by atoms with Crippen molar-refractivity contribution in [3.8, 4) is 0 Å². The molecule has 0 aliphatic carbocycles. The first-order valence-electron chi connectivity index (χ1n) is 5.60. The number of anilines is 1. The van der Waals surface area contributed by atoms with E-state index in [1.807, 2.05) is 18.3 Å². The van der Waals surface area contributed by atoms with Crippen LogP contribution >= 0.6 is 11.6 Å². The second kappa shape index (κ2) is 5.02. The third-order valence-electron chi connectivity index (χ3n) is 2.89. The Labute approximate surface area is 101 Å². The average molecular weight is 241 g/mol. The SMILES string of the molecule is CC1CN(c2ncccc2CCl)C(C)CO1. The number of alkyl halides is 1. The Hall–Kier alpha value is -0.800. The zero-order valence-corrected chi connectivity index (χ0v) is 10.4. The molecule has 1 saturated heterocycles. The van der Waals surface area contributed by atoms with Gasteiger partial charge in [-0.1, -0.05) is 6.07 Å². The lowest BCUT2D eigenvalue weighted by molar-refractivity contribution is 0.0340. The summed E-state index contributed by atoms with van der Waals surface area (Å²) in [6, 6.07) is 4.31. The minimum atomic E-state index is 0.251. The quantitative estimate of drug-likeness (QED) is 0.743. The Kier molecular flexibility index (Phi) is 3.66. The van der Waals surface area contributed by atoms with E-state index in [0.29, 0.717) is 11.9 Å². The minimum Gasteiger partial charge on any atom is -0.375 e. The number of pyridine rings is 1. The minimum absolute atomic E-state index is 0.251. The zero-order valence-electron chi connectivity index (χ0n) is 9.69. The van der Waals surface area contributed by atoms with E-state index in [1.165, 1.54) is 0 Å². The van der Waals surface area contributed by atoms with Gasteiger partial charge in [-0.25, -0.2) is 4.98 Å². The van der Waals surface area contributed by atoms with E-state index in [4.69, 9.17) is 16.3 Å². The topological polar surface area (TPSA) is 25.4 Å². The van der Waals surface area contributed by atoms with Crippen LogP contribution in [0.2, 0.25) is 0 Å². The number of ether oxygens (including phenoxy) is 1. The number of hydrogen-bond donors (Lipinski definition) is 0. The zero-order chi connectivity index (χ0) is 11.5. The fourth-order valence-corrected chi connectivity index (χ4v) is 2.20. The highest BCUT2D eigenvalue weighted by atomic mass is 35.5. The molecule has 0 radical (unpaired) electrons. The van der Waals surface area contributed by atoms with Gasteiger partial charge in [0.25, 0.3) is 0 Å². The Balaban J connectivity index is 2.27. The summed E-state index contributed by atoms with van der Waals surface area (Å²) < 4.78 is 5.61. The van der Waals surface area contributed by atoms with Gasteiger partial charge in [0.2, 0.25) is 0 Å². The number of aromatic nitrogens is 1. The standard InChI is InChI=1S/C12H17ClN2O/c1-9-8-16-10(2)7-15(9)12-11(6-13)4-3-5-14-12/h3-5,9-10H,6-8H2,1-2H3. The smallest absolute Gasteiger partial charge is 0.133 e. The van der Waals surface area contributed by atoms with E-state index in [1.54, 1.807) is 0 Å². The molecule has 0 aromatic carbocycles. The molecule has 2 atom stereocenters. The maximum atomic E-state index is 5.94. The highest BCUT2D eigenvalue weighted by Crippen LogP contribution is 2.24. The molecule has 4 heteroatoms. The summed E-state index contributed by atoms with van der Waals surface area (Å²) >= 11 is 5.94. The summed E-state index contributed by atoms with van der Waals surface area (Å²) in [5.74, 6) is 1.50. The largest absolute Gasteiger partial charge is 0.375 e. The van der Waals surface area contributed by atoms with Crippen molar-refractivity contribution in [1.82, 2.24) is 4.98 Å². The lowest BCUT2D eigenvalue weighted by Gasteiger charge is -2.38. The number of nitrogens with zero attached hydrogens (tertiary/aromatic N) is 2. The average Bonchev–Trinajstić information content (AvgIpc) is 2.32. The van der Waals surface area contributed by atoms with Crippen molar-refractivity contribution in [2.75, 3.05) is 18.1 Å². The third-order valence-corrected chi connectivity index (χ3v) is 3.18. The van der Waals surface area contributed by atoms with Crippen molar-refractivity contribution in [2.24, 2.45) is 0 Å². The first kappa shape index (κ1) is 11.7. The van der Waals surface area contributed by atoms with Crippen LogP contribution in [0, 0.1) is 0 Å². The Morgan fingerprint density at radius 3 is 3.12 bits per heavy atom. The van der Waals surface area contributed by atoms with Gasteiger partial charge in [-0.2, -0.15) is 0 Å². The molecular weight excluding hydrogens is 224 g/mol. The summed E-state index contributed by atoms with van der Waals surface area (Å²) in [6.07, 6.45) is 2.07. The molecule has 1 aliphatic heterocycles. The third kappa shape index (κ3) is 2.30. The second-order valence-corrected chi connectivity index (χ2v) is 4.53. The molecule has 1 fully saturated rings. The van der Waals surface area contributed by atoms with Gasteiger partial charge in [-0.15, -0.1) is 11.6 Å². The monoisotopic (exact) mass is 240 g/mol. The number of halogens is 1. The van der Waals surface area contributed by atoms with E-state index in [-0.39, 0.29) is 6.10 Å². The van der Waals surface area contributed by atoms with Crippen molar-refractivity contribution < 1.29 is 4.74 Å². The first-order valence-corrected chi connectivity index (χ1v) is 6.14. The molecule has 0 N–H and O–H groups in total. The van der Waals surface area contributed by atoms with Crippen LogP contribution in [0.15, 0.2) is 18.3 Å². The summed E-state index contributed by atoms with van der Waals surface area (Å²) in [6.45, 7) is 5.86. The molecule has 3 nitrogen and oxygen atoms in total. The summed E-state index contributed by atoms with van der Waals surface area (Å²) in [4.78, 5) is 6.73. The molecule has 0 spiro atoms. The molecule has 0 amide bonds. The Bertz CT molecular complexity index is 359. The Morgan fingerprint density at radius 1 is 1.56 bits per heavy atom. The molecule has 1 aromatic rings. The van der Waals surface area contributed by atoms with Gasteiger partial charge < -0.3 is 9.64 Å². The predicted octanol–water partition coefficient (Wildman–Crippen LogP) is 2.43. The van der Waals surface area contributed by atoms with Gasteiger partial charge in [0.15, 0.2) is 0 Å². The van der Waals surface area contributed by atoms with Crippen LogP contribution in [-0.2, 0) is 10.6 Å². The molecule has 1 aromatic heterocycles. The fourth-order valence-electron chi connectivity index (χ4n) is 1.99. The molecule has 16 heavy (non-hydrogen) atoms. The molecule has 0 bridgehead atoms. The lowest BCUT2D eigenvalue weighted by Crippen LogP contribution is -2.48. The van der Waals surface area contributed by atoms with Crippen LogP contribution in [0.1, 0.15) is 19.4 Å². The van der Waals surface area contributed by atoms with Gasteiger partial charge in [0.1, 0.15) is 5.82 Å². The molecule has 0 saturated carbocycles. The first-order chi connectivity index (χ1) is 7.72. The normalized spacial score (nSPS) is 25.8. The van der Waals surface area contributed by atoms with Crippen LogP contribution in [-0.4, -0.2) is 30.3 Å². The van der Waals surface area contributed by atoms with Crippen molar-refractivity contribution in [1.29, 1.82) is 0 Å². The second-order valence-electron chi connectivity index (χ2n) is 4.27. The molecular formula is C12H17ClN2O. The number of morpholine rings is 1. The number of hydrogen-bond acceptors (Lipinski definition) is 3. The van der Waals surface area contributed by atoms with Crippen LogP contribution in [0.4, 0.5) is 5.82 Å². The van der Waals surface area contributed by atoms with Crippen molar-refractivity contribution >= 4 is 17.4 Å². The Morgan fingerprint density at radius 2 is 2.38 bits per heavy atom. The predicted molar refractivity (Wildman–Crippen MR) is 66.0 cm³/mol. The molecule has 88 valence electrons. The lowest BCUT2D eigenvalue weighted by atomic mass is 10.1. The number of rotatable bonds is 2. The van der Waals surface area contributed by atoms with Gasteiger partial charge in [-0.3, -0.25) is 0 Å². The van der Waals surface area contributed by atoms with Crippen molar-refractivity contribution in [3.05, 3.63) is 23.9 Å². The van der Waals surface area contributed by atoms with Crippen molar-refractivity contribution in [2.45, 2.75) is 31.9 Å². The summed E-state index contributed by atoms with van der Waals surface area (Å²) in [5.41, 5.74) is 1.09. The van der Waals surface area contributed by atoms with Crippen LogP contribution in [0.5, 0.6) is 0 Å². The van der Waals surface area contributed by atoms with Gasteiger partial charge in [0.05, 0.1) is 24.6 Å². The maximum Gasteiger partial charge on any atom is 0.133 e. The molecule has 2 rings (SSSR count). The van der Waals surface area contributed by atoms with E-state index < -0.39 is 0 Å². The highest BCUT2D eigenvalue weighted by Gasteiger charge is 2.25. The van der Waals surface area contributed by atoms with Crippen LogP contribution in [0.25, 0.3) is 0 Å². The highest BCUT2D eigenvalue weighted by molar-refractivity contribution is 6.17. The van der Waals surface area contributed by atoms with Gasteiger partial charge in [-0.05, 0) is 19.9 Å². The molecule has 2 unspecified atom stereocenters. The summed E-state index contributed by atoms with van der Waals surface area (Å²) in [5, 5.41) is 0. The van der Waals surface area contributed by atoms with E-state index in [9.17, 15) is 0 Å². The van der Waals surface area contributed by atoms with E-state index in [2.05, 4.69) is 23.7 Å². The van der Waals surface area contributed by atoms with Crippen molar-refractivity contribution in [3.63, 3.8) is 0 Å². The maximum absolute atomic E-state index is 5.94. The van der Waals surface area contributed by atoms with Crippen LogP contribution < -0.4 is 4.90 Å². The fraction of sp³-hybridized carbons (Fsp3) is 0.583. The van der Waals surface area contributed by atoms with E-state index >= 15 is 0 Å². The molecule has 1 aliphatic rings. The van der Waals surface area contributed by atoms with E-state index in [0.717, 1.165) is 24.5 Å².